The molecule has 15 heavy (non-hydrogen) atoms. The van der Waals surface area contributed by atoms with Crippen molar-refractivity contribution in [3.63, 3.8) is 0 Å². The lowest BCUT2D eigenvalue weighted by molar-refractivity contribution is -0.145. The molecule has 3 unspecified atom stereocenters. The highest BCUT2D eigenvalue weighted by molar-refractivity contribution is 7.91. The monoisotopic (exact) mass is 236 g/mol. The Bertz CT molecular complexity index is 334. The summed E-state index contributed by atoms with van der Waals surface area (Å²) in [7, 11) is -3.25. The van der Waals surface area contributed by atoms with Gasteiger partial charge in [-0.25, -0.2) is 8.42 Å². The maximum Gasteiger partial charge on any atom is 0.306 e. The molecule has 1 fully saturated rings. The molecule has 1 rings (SSSR count). The van der Waals surface area contributed by atoms with Crippen molar-refractivity contribution in [2.75, 3.05) is 11.5 Å². The maximum atomic E-state index is 11.2. The van der Waals surface area contributed by atoms with Crippen LogP contribution in [0.15, 0.2) is 0 Å². The van der Waals surface area contributed by atoms with Crippen molar-refractivity contribution in [3.05, 3.63) is 0 Å². The van der Waals surface area contributed by atoms with Gasteiger partial charge in [0.1, 0.15) is 0 Å². The number of carboxylic acid groups (broad SMARTS) is 1. The highest BCUT2D eigenvalue weighted by Gasteiger charge is 2.43. The topological polar surface area (TPSA) is 91.7 Å². The number of hydrogen-bond acceptors (Lipinski definition) is 4. The molecule has 3 atom stereocenters. The van der Waals surface area contributed by atoms with Gasteiger partial charge < -0.3 is 10.2 Å². The second-order valence-electron chi connectivity index (χ2n) is 4.04. The van der Waals surface area contributed by atoms with E-state index >= 15 is 0 Å². The van der Waals surface area contributed by atoms with E-state index in [0.29, 0.717) is 12.8 Å². The van der Waals surface area contributed by atoms with Crippen LogP contribution in [0, 0.1) is 11.8 Å². The summed E-state index contributed by atoms with van der Waals surface area (Å²) in [6.45, 7) is 1.84. The van der Waals surface area contributed by atoms with Crippen LogP contribution in [0.5, 0.6) is 0 Å². The summed E-state index contributed by atoms with van der Waals surface area (Å²) >= 11 is 0. The lowest BCUT2D eigenvalue weighted by atomic mass is 9.86. The van der Waals surface area contributed by atoms with Crippen molar-refractivity contribution in [2.24, 2.45) is 11.8 Å². The summed E-state index contributed by atoms with van der Waals surface area (Å²) in [6.07, 6.45) is 0.0509. The summed E-state index contributed by atoms with van der Waals surface area (Å²) in [5.41, 5.74) is 0. The summed E-state index contributed by atoms with van der Waals surface area (Å²) in [6, 6.07) is 0. The Morgan fingerprint density at radius 3 is 2.40 bits per heavy atom. The number of hydrogen-bond donors (Lipinski definition) is 2. The molecule has 1 saturated heterocycles. The fraction of sp³-hybridized carbons (Fsp3) is 0.889. The third-order valence-electron chi connectivity index (χ3n) is 2.80. The number of carbonyl (C=O) groups is 1. The zero-order valence-electron chi connectivity index (χ0n) is 8.59. The molecular weight excluding hydrogens is 220 g/mol. The summed E-state index contributed by atoms with van der Waals surface area (Å²) in [5, 5.41) is 18.5. The van der Waals surface area contributed by atoms with Crippen LogP contribution >= 0.6 is 0 Å². The smallest absolute Gasteiger partial charge is 0.306 e. The molecule has 0 amide bonds. The first-order valence-corrected chi connectivity index (χ1v) is 6.81. The van der Waals surface area contributed by atoms with Crippen molar-refractivity contribution >= 4 is 15.8 Å². The molecule has 1 heterocycles. The van der Waals surface area contributed by atoms with Crippen molar-refractivity contribution < 1.29 is 23.4 Å². The summed E-state index contributed by atoms with van der Waals surface area (Å²) in [4.78, 5) is 10.9. The summed E-state index contributed by atoms with van der Waals surface area (Å²) < 4.78 is 22.5. The predicted molar refractivity (Wildman–Crippen MR) is 54.2 cm³/mol. The van der Waals surface area contributed by atoms with E-state index in [4.69, 9.17) is 5.11 Å². The minimum atomic E-state index is -3.25. The van der Waals surface area contributed by atoms with E-state index in [1.54, 1.807) is 0 Å². The Hall–Kier alpha value is -0.620. The normalized spacial score (nSPS) is 31.3. The molecule has 1 aliphatic heterocycles. The maximum absolute atomic E-state index is 11.2. The van der Waals surface area contributed by atoms with Gasteiger partial charge in [0.2, 0.25) is 0 Å². The average molecular weight is 236 g/mol. The lowest BCUT2D eigenvalue weighted by Crippen LogP contribution is -2.31. The second kappa shape index (κ2) is 4.49. The molecule has 0 aromatic carbocycles. The molecule has 2 N–H and O–H groups in total. The van der Waals surface area contributed by atoms with E-state index in [1.807, 2.05) is 6.92 Å². The van der Waals surface area contributed by atoms with Crippen LogP contribution in [0.2, 0.25) is 0 Å². The minimum Gasteiger partial charge on any atom is -0.481 e. The van der Waals surface area contributed by atoms with Crippen molar-refractivity contribution in [2.45, 2.75) is 25.9 Å². The third kappa shape index (κ3) is 2.92. The fourth-order valence-electron chi connectivity index (χ4n) is 2.07. The first-order valence-electron chi connectivity index (χ1n) is 4.98. The number of aliphatic carboxylic acids is 1. The number of sulfone groups is 1. The second-order valence-corrected chi connectivity index (χ2v) is 6.20. The highest BCUT2D eigenvalue weighted by Crippen LogP contribution is 2.29. The van der Waals surface area contributed by atoms with Crippen LogP contribution in [0.25, 0.3) is 0 Å². The summed E-state index contributed by atoms with van der Waals surface area (Å²) in [5.74, 6) is -2.91. The number of aliphatic hydroxyl groups excluding tert-OH is 1. The van der Waals surface area contributed by atoms with E-state index < -0.39 is 33.7 Å². The van der Waals surface area contributed by atoms with Gasteiger partial charge >= 0.3 is 5.97 Å². The molecule has 88 valence electrons. The molecule has 0 bridgehead atoms. The van der Waals surface area contributed by atoms with Crippen LogP contribution in [0.1, 0.15) is 19.8 Å². The third-order valence-corrected chi connectivity index (χ3v) is 4.54. The molecule has 0 aromatic rings. The average Bonchev–Trinajstić information content (AvgIpc) is 2.35. The van der Waals surface area contributed by atoms with Crippen LogP contribution in [0.4, 0.5) is 0 Å². The Morgan fingerprint density at radius 1 is 1.47 bits per heavy atom. The highest BCUT2D eigenvalue weighted by atomic mass is 32.2. The molecule has 0 saturated carbocycles. The molecule has 0 radical (unpaired) electrons. The Labute approximate surface area is 89.0 Å². The van der Waals surface area contributed by atoms with Crippen LogP contribution in [-0.4, -0.2) is 42.2 Å². The van der Waals surface area contributed by atoms with E-state index in [-0.39, 0.29) is 11.5 Å². The van der Waals surface area contributed by atoms with Crippen molar-refractivity contribution in [1.82, 2.24) is 0 Å². The first-order chi connectivity index (χ1) is 6.87. The standard InChI is InChI=1S/C9H16O5S/c1-2-3-6(9(11)12)7-4-15(13,14)5-8(7)10/h6-8,10H,2-5H2,1H3,(H,11,12). The molecule has 6 heteroatoms. The zero-order chi connectivity index (χ0) is 11.6. The molecule has 0 aromatic heterocycles. The fourth-order valence-corrected chi connectivity index (χ4v) is 4.02. The number of rotatable bonds is 4. The van der Waals surface area contributed by atoms with Crippen LogP contribution < -0.4 is 0 Å². The van der Waals surface area contributed by atoms with Gasteiger partial charge in [-0.3, -0.25) is 4.79 Å². The van der Waals surface area contributed by atoms with Crippen molar-refractivity contribution in [1.29, 1.82) is 0 Å². The van der Waals surface area contributed by atoms with Gasteiger partial charge in [0.25, 0.3) is 0 Å². The SMILES string of the molecule is CCCC(C(=O)O)C1CS(=O)(=O)CC1O. The predicted octanol–water partition coefficient (Wildman–Crippen LogP) is -0.107. The minimum absolute atomic E-state index is 0.203. The van der Waals surface area contributed by atoms with Crippen molar-refractivity contribution in [3.8, 4) is 0 Å². The van der Waals surface area contributed by atoms with Gasteiger partial charge in [-0.15, -0.1) is 0 Å². The van der Waals surface area contributed by atoms with Crippen LogP contribution in [0.3, 0.4) is 0 Å². The quantitative estimate of drug-likeness (QED) is 0.710. The Kier molecular flexibility index (Phi) is 3.72. The number of aliphatic hydroxyl groups is 1. The van der Waals surface area contributed by atoms with Gasteiger partial charge in [0.15, 0.2) is 9.84 Å². The van der Waals surface area contributed by atoms with Gasteiger partial charge in [-0.1, -0.05) is 13.3 Å². The van der Waals surface area contributed by atoms with Gasteiger partial charge in [-0.2, -0.15) is 0 Å². The largest absolute Gasteiger partial charge is 0.481 e. The van der Waals surface area contributed by atoms with Gasteiger partial charge in [-0.05, 0) is 6.42 Å². The molecule has 1 aliphatic rings. The zero-order valence-corrected chi connectivity index (χ0v) is 9.40. The van der Waals surface area contributed by atoms with Gasteiger partial charge in [0, 0.05) is 5.92 Å². The van der Waals surface area contributed by atoms with Gasteiger partial charge in [0.05, 0.1) is 23.5 Å². The Morgan fingerprint density at radius 2 is 2.07 bits per heavy atom. The van der Waals surface area contributed by atoms with Crippen LogP contribution in [-0.2, 0) is 14.6 Å². The molecule has 0 aliphatic carbocycles. The Balaban J connectivity index is 2.81. The molecular formula is C9H16O5S. The number of carboxylic acids is 1. The molecule has 5 nitrogen and oxygen atoms in total. The van der Waals surface area contributed by atoms with E-state index in [1.165, 1.54) is 0 Å². The van der Waals surface area contributed by atoms with E-state index in [0.717, 1.165) is 0 Å². The lowest BCUT2D eigenvalue weighted by Gasteiger charge is -2.20. The molecule has 0 spiro atoms. The van der Waals surface area contributed by atoms with E-state index in [9.17, 15) is 18.3 Å². The van der Waals surface area contributed by atoms with E-state index in [2.05, 4.69) is 0 Å². The first kappa shape index (κ1) is 12.4.